The summed E-state index contributed by atoms with van der Waals surface area (Å²) in [5.41, 5.74) is 1.41. The van der Waals surface area contributed by atoms with Crippen molar-refractivity contribution in [2.75, 3.05) is 0 Å². The molecule has 0 radical (unpaired) electrons. The summed E-state index contributed by atoms with van der Waals surface area (Å²) in [5, 5.41) is 8.51. The third-order valence-electron chi connectivity index (χ3n) is 2.81. The Bertz CT molecular complexity index is 757. The minimum absolute atomic E-state index is 0.0391. The fourth-order valence-corrected chi connectivity index (χ4v) is 2.52. The molecule has 0 aliphatic carbocycles. The number of aromatic carboxylic acids is 1. The third kappa shape index (κ3) is 3.61. The van der Waals surface area contributed by atoms with E-state index >= 15 is 0 Å². The van der Waals surface area contributed by atoms with Crippen molar-refractivity contribution < 1.29 is 18.3 Å². The van der Waals surface area contributed by atoms with Crippen LogP contribution in [0.1, 0.15) is 21.6 Å². The van der Waals surface area contributed by atoms with Crippen molar-refractivity contribution in [1.29, 1.82) is 0 Å². The highest BCUT2D eigenvalue weighted by Gasteiger charge is 2.16. The second-order valence-electron chi connectivity index (χ2n) is 4.28. The number of carbonyl (C=O) groups is 1. The number of aromatic nitrogens is 2. The van der Waals surface area contributed by atoms with E-state index in [1.165, 1.54) is 6.07 Å². The van der Waals surface area contributed by atoms with Crippen molar-refractivity contribution in [3.63, 3.8) is 0 Å². The van der Waals surface area contributed by atoms with Crippen LogP contribution in [0.15, 0.2) is 41.7 Å². The smallest absolute Gasteiger partial charge is 0.337 e. The van der Waals surface area contributed by atoms with E-state index in [4.69, 9.17) is 5.11 Å². The first-order valence-electron chi connectivity index (χ1n) is 5.99. The molecule has 2 N–H and O–H groups in total. The van der Waals surface area contributed by atoms with Gasteiger partial charge in [0.25, 0.3) is 10.0 Å². The summed E-state index contributed by atoms with van der Waals surface area (Å²) in [4.78, 5) is 18.4. The number of hydrogen-bond donors (Lipinski definition) is 2. The monoisotopic (exact) mass is 307 g/mol. The van der Waals surface area contributed by atoms with Crippen LogP contribution in [-0.2, 0) is 16.6 Å². The number of hydrogen-bond acceptors (Lipinski definition) is 5. The SMILES string of the molecule is Cc1cccnc1CNS(=O)(=O)c1ccc(C(=O)O)cn1. The Morgan fingerprint density at radius 1 is 1.29 bits per heavy atom. The van der Waals surface area contributed by atoms with Crippen LogP contribution in [0.4, 0.5) is 0 Å². The molecular weight excluding hydrogens is 294 g/mol. The fourth-order valence-electron chi connectivity index (χ4n) is 1.61. The molecule has 21 heavy (non-hydrogen) atoms. The first-order chi connectivity index (χ1) is 9.90. The van der Waals surface area contributed by atoms with Crippen molar-refractivity contribution in [3.05, 3.63) is 53.5 Å². The Kier molecular flexibility index (Phi) is 4.29. The number of pyridine rings is 2. The van der Waals surface area contributed by atoms with E-state index in [0.29, 0.717) is 5.69 Å². The number of nitrogens with zero attached hydrogens (tertiary/aromatic N) is 2. The standard InChI is InChI=1S/C13H13N3O4S/c1-9-3-2-6-14-11(9)8-16-21(19,20)12-5-4-10(7-15-12)13(17)18/h2-7,16H,8H2,1H3,(H,17,18). The predicted molar refractivity (Wildman–Crippen MR) is 74.2 cm³/mol. The van der Waals surface area contributed by atoms with Crippen LogP contribution in [0.5, 0.6) is 0 Å². The normalized spacial score (nSPS) is 11.3. The van der Waals surface area contributed by atoms with Gasteiger partial charge in [-0.2, -0.15) is 0 Å². The second-order valence-corrected chi connectivity index (χ2v) is 6.00. The highest BCUT2D eigenvalue weighted by Crippen LogP contribution is 2.09. The molecular formula is C13H13N3O4S. The van der Waals surface area contributed by atoms with E-state index in [1.54, 1.807) is 12.3 Å². The number of rotatable bonds is 5. The fraction of sp³-hybridized carbons (Fsp3) is 0.154. The molecule has 8 heteroatoms. The minimum Gasteiger partial charge on any atom is -0.478 e. The lowest BCUT2D eigenvalue weighted by atomic mass is 10.2. The maximum atomic E-state index is 12.0. The summed E-state index contributed by atoms with van der Waals surface area (Å²) < 4.78 is 26.5. The summed E-state index contributed by atoms with van der Waals surface area (Å²) in [5.74, 6) is -1.16. The molecule has 0 fully saturated rings. The molecule has 0 saturated carbocycles. The Hall–Kier alpha value is -2.32. The summed E-state index contributed by atoms with van der Waals surface area (Å²) in [6.45, 7) is 1.87. The molecule has 0 spiro atoms. The molecule has 2 aromatic heterocycles. The maximum Gasteiger partial charge on any atom is 0.337 e. The Morgan fingerprint density at radius 3 is 2.62 bits per heavy atom. The molecule has 0 bridgehead atoms. The third-order valence-corrected chi connectivity index (χ3v) is 4.12. The number of carboxylic acids is 1. The van der Waals surface area contributed by atoms with Crippen molar-refractivity contribution in [1.82, 2.24) is 14.7 Å². The van der Waals surface area contributed by atoms with Crippen molar-refractivity contribution >= 4 is 16.0 Å². The zero-order valence-corrected chi connectivity index (χ0v) is 12.0. The van der Waals surface area contributed by atoms with Crippen LogP contribution in [0, 0.1) is 6.92 Å². The molecule has 110 valence electrons. The van der Waals surface area contributed by atoms with Gasteiger partial charge >= 0.3 is 5.97 Å². The van der Waals surface area contributed by atoms with Gasteiger partial charge in [0, 0.05) is 12.4 Å². The molecule has 0 aliphatic heterocycles. The first-order valence-corrected chi connectivity index (χ1v) is 7.48. The topological polar surface area (TPSA) is 109 Å². The highest BCUT2D eigenvalue weighted by atomic mass is 32.2. The second kappa shape index (κ2) is 5.98. The van der Waals surface area contributed by atoms with Gasteiger partial charge in [-0.1, -0.05) is 6.07 Å². The van der Waals surface area contributed by atoms with Crippen LogP contribution in [0.25, 0.3) is 0 Å². The van der Waals surface area contributed by atoms with Gasteiger partial charge in [-0.15, -0.1) is 0 Å². The average Bonchev–Trinajstić information content (AvgIpc) is 2.46. The molecule has 2 heterocycles. The molecule has 7 nitrogen and oxygen atoms in total. The zero-order valence-electron chi connectivity index (χ0n) is 11.1. The van der Waals surface area contributed by atoms with Gasteiger partial charge in [0.05, 0.1) is 17.8 Å². The van der Waals surface area contributed by atoms with Crippen LogP contribution in [-0.4, -0.2) is 29.5 Å². The van der Waals surface area contributed by atoms with Crippen LogP contribution >= 0.6 is 0 Å². The lowest BCUT2D eigenvalue weighted by Crippen LogP contribution is -2.25. The van der Waals surface area contributed by atoms with Crippen LogP contribution in [0.3, 0.4) is 0 Å². The van der Waals surface area contributed by atoms with Crippen LogP contribution in [0.2, 0.25) is 0 Å². The molecule has 0 atom stereocenters. The van der Waals surface area contributed by atoms with E-state index in [0.717, 1.165) is 17.8 Å². The largest absolute Gasteiger partial charge is 0.478 e. The number of aryl methyl sites for hydroxylation is 1. The Morgan fingerprint density at radius 2 is 2.05 bits per heavy atom. The summed E-state index contributed by atoms with van der Waals surface area (Å²) in [7, 11) is -3.81. The van der Waals surface area contributed by atoms with Gasteiger partial charge in [-0.25, -0.2) is 22.9 Å². The molecule has 0 unspecified atom stereocenters. The van der Waals surface area contributed by atoms with Gasteiger partial charge in [-0.3, -0.25) is 4.98 Å². The van der Waals surface area contributed by atoms with Crippen molar-refractivity contribution in [2.45, 2.75) is 18.5 Å². The maximum absolute atomic E-state index is 12.0. The summed E-state index contributed by atoms with van der Waals surface area (Å²) >= 11 is 0. The van der Waals surface area contributed by atoms with E-state index in [1.807, 2.05) is 13.0 Å². The number of sulfonamides is 1. The van der Waals surface area contributed by atoms with Gasteiger partial charge in [0.15, 0.2) is 5.03 Å². The first kappa shape index (κ1) is 15.1. The highest BCUT2D eigenvalue weighted by molar-refractivity contribution is 7.89. The molecule has 2 rings (SSSR count). The lowest BCUT2D eigenvalue weighted by Gasteiger charge is -2.07. The molecule has 0 amide bonds. The molecule has 0 aromatic carbocycles. The van der Waals surface area contributed by atoms with Gasteiger partial charge in [0.1, 0.15) is 0 Å². The minimum atomic E-state index is -3.81. The summed E-state index contributed by atoms with van der Waals surface area (Å²) in [6.07, 6.45) is 2.58. The quantitative estimate of drug-likeness (QED) is 0.851. The van der Waals surface area contributed by atoms with Gasteiger partial charge in [0.2, 0.25) is 0 Å². The Balaban J connectivity index is 2.15. The zero-order chi connectivity index (χ0) is 15.5. The predicted octanol–water partition coefficient (Wildman–Crippen LogP) is 0.962. The van der Waals surface area contributed by atoms with Crippen molar-refractivity contribution in [2.24, 2.45) is 0 Å². The molecule has 0 saturated heterocycles. The average molecular weight is 307 g/mol. The summed E-state index contributed by atoms with van der Waals surface area (Å²) in [6, 6.07) is 5.93. The van der Waals surface area contributed by atoms with E-state index in [-0.39, 0.29) is 17.1 Å². The van der Waals surface area contributed by atoms with E-state index in [9.17, 15) is 13.2 Å². The van der Waals surface area contributed by atoms with Gasteiger partial charge in [-0.05, 0) is 30.7 Å². The van der Waals surface area contributed by atoms with Crippen molar-refractivity contribution in [3.8, 4) is 0 Å². The number of nitrogens with one attached hydrogen (secondary N) is 1. The number of carboxylic acid groups (broad SMARTS) is 1. The van der Waals surface area contributed by atoms with Crippen LogP contribution < -0.4 is 4.72 Å². The molecule has 0 aliphatic rings. The Labute approximate surface area is 121 Å². The molecule has 2 aromatic rings. The van der Waals surface area contributed by atoms with E-state index in [2.05, 4.69) is 14.7 Å². The van der Waals surface area contributed by atoms with E-state index < -0.39 is 16.0 Å². The van der Waals surface area contributed by atoms with Gasteiger partial charge < -0.3 is 5.11 Å². The lowest BCUT2D eigenvalue weighted by molar-refractivity contribution is 0.0696.